The minimum atomic E-state index is -3.04. The van der Waals surface area contributed by atoms with Gasteiger partial charge in [-0.15, -0.1) is 0 Å². The molecule has 0 aromatic heterocycles. The van der Waals surface area contributed by atoms with E-state index < -0.39 is 84.2 Å². The molecule has 5 atom stereocenters. The van der Waals surface area contributed by atoms with E-state index in [2.05, 4.69) is 16.0 Å². The van der Waals surface area contributed by atoms with Crippen molar-refractivity contribution in [1.29, 1.82) is 0 Å². The zero-order chi connectivity index (χ0) is 37.5. The summed E-state index contributed by atoms with van der Waals surface area (Å²) in [7, 11) is 0. The van der Waals surface area contributed by atoms with Crippen LogP contribution in [0.2, 0.25) is 0 Å². The second kappa shape index (κ2) is 17.3. The van der Waals surface area contributed by atoms with E-state index in [1.165, 1.54) is 0 Å². The van der Waals surface area contributed by atoms with Crippen LogP contribution in [0.1, 0.15) is 96.3 Å². The van der Waals surface area contributed by atoms with Crippen LogP contribution in [0.15, 0.2) is 18.2 Å². The van der Waals surface area contributed by atoms with Crippen molar-refractivity contribution in [3.63, 3.8) is 0 Å². The lowest BCUT2D eigenvalue weighted by Gasteiger charge is -2.35. The molecule has 1 saturated heterocycles. The highest BCUT2D eigenvalue weighted by atomic mass is 19.3. The van der Waals surface area contributed by atoms with Crippen LogP contribution in [0.25, 0.3) is 0 Å². The van der Waals surface area contributed by atoms with Crippen molar-refractivity contribution in [1.82, 2.24) is 25.8 Å². The third kappa shape index (κ3) is 10.4. The summed E-state index contributed by atoms with van der Waals surface area (Å²) in [6, 6.07) is 1.08. The summed E-state index contributed by atoms with van der Waals surface area (Å²) in [5.41, 5.74) is 2.32. The third-order valence-electron chi connectivity index (χ3n) is 9.66. The Morgan fingerprint density at radius 2 is 1.73 bits per heavy atom. The van der Waals surface area contributed by atoms with Crippen LogP contribution >= 0.6 is 0 Å². The molecule has 3 N–H and O–H groups in total. The van der Waals surface area contributed by atoms with Crippen molar-refractivity contribution in [2.24, 2.45) is 5.41 Å². The highest BCUT2D eigenvalue weighted by molar-refractivity contribution is 6.38. The summed E-state index contributed by atoms with van der Waals surface area (Å²) in [6.45, 7) is 9.10. The number of benzene rings is 1. The number of nitrogens with one attached hydrogen (secondary N) is 3. The topological polar surface area (TPSA) is 163 Å². The molecule has 0 aliphatic carbocycles. The van der Waals surface area contributed by atoms with E-state index in [1.807, 2.05) is 18.2 Å². The van der Waals surface area contributed by atoms with Gasteiger partial charge in [-0.3, -0.25) is 24.1 Å². The molecule has 3 heterocycles. The van der Waals surface area contributed by atoms with Crippen LogP contribution in [0.3, 0.4) is 0 Å². The Bertz CT molecular complexity index is 1470. The van der Waals surface area contributed by atoms with Crippen LogP contribution in [-0.2, 0) is 48.2 Å². The maximum Gasteiger partial charge on any atom is 0.410 e. The van der Waals surface area contributed by atoms with Crippen molar-refractivity contribution in [3.05, 3.63) is 34.9 Å². The van der Waals surface area contributed by atoms with Gasteiger partial charge in [0.05, 0.1) is 13.2 Å². The van der Waals surface area contributed by atoms with Crippen LogP contribution in [-0.4, -0.2) is 95.3 Å². The number of nitrogens with zero attached hydrogens (tertiary/aromatic N) is 2. The van der Waals surface area contributed by atoms with Gasteiger partial charge in [0.1, 0.15) is 24.2 Å². The Morgan fingerprint density at radius 3 is 2.41 bits per heavy atom. The number of hydrogen-bond donors (Lipinski definition) is 3. The molecule has 1 aromatic carbocycles. The first-order chi connectivity index (χ1) is 24.1. The summed E-state index contributed by atoms with van der Waals surface area (Å²) in [5, 5.41) is 7.33. The molecule has 1 fully saturated rings. The van der Waals surface area contributed by atoms with Gasteiger partial charge >= 0.3 is 12.2 Å². The largest absolute Gasteiger partial charge is 0.450 e. The van der Waals surface area contributed by atoms with Crippen LogP contribution in [0, 0.1) is 5.41 Å². The van der Waals surface area contributed by atoms with Crippen LogP contribution in [0.4, 0.5) is 18.4 Å². The number of halogens is 2. The molecule has 51 heavy (non-hydrogen) atoms. The first-order valence-electron chi connectivity index (χ1n) is 17.8. The monoisotopic (exact) mass is 719 g/mol. The number of ketones is 1. The maximum atomic E-state index is 14.2. The lowest BCUT2D eigenvalue weighted by molar-refractivity contribution is -0.144. The predicted molar refractivity (Wildman–Crippen MR) is 181 cm³/mol. The number of Topliss-reactive ketones (excluding diaryl/α,β-unsaturated/α-hetero) is 1. The van der Waals surface area contributed by atoms with E-state index in [0.29, 0.717) is 25.9 Å². The maximum absolute atomic E-state index is 14.2. The van der Waals surface area contributed by atoms with Gasteiger partial charge in [0, 0.05) is 32.0 Å². The molecule has 2 unspecified atom stereocenters. The molecular weight excluding hydrogens is 668 g/mol. The summed E-state index contributed by atoms with van der Waals surface area (Å²) in [6.07, 6.45) is -2.27. The predicted octanol–water partition coefficient (Wildman–Crippen LogP) is 3.99. The number of aryl methyl sites for hydroxylation is 1. The third-order valence-corrected chi connectivity index (χ3v) is 9.66. The van der Waals surface area contributed by atoms with Crippen LogP contribution < -0.4 is 16.0 Å². The molecule has 0 spiro atoms. The summed E-state index contributed by atoms with van der Waals surface area (Å²) in [5.74, 6) is -4.06. The summed E-state index contributed by atoms with van der Waals surface area (Å²) < 4.78 is 38.5. The number of cyclic esters (lactones) is 1. The van der Waals surface area contributed by atoms with Gasteiger partial charge < -0.3 is 30.3 Å². The van der Waals surface area contributed by atoms with Crippen molar-refractivity contribution < 1.29 is 47.0 Å². The number of rotatable bonds is 8. The fraction of sp³-hybridized carbons (Fsp3) is 0.667. The first kappa shape index (κ1) is 39.5. The van der Waals surface area contributed by atoms with E-state index in [0.717, 1.165) is 47.3 Å². The highest BCUT2D eigenvalue weighted by Gasteiger charge is 2.47. The lowest BCUT2D eigenvalue weighted by atomic mass is 9.85. The molecule has 13 nitrogen and oxygen atoms in total. The molecule has 15 heteroatoms. The van der Waals surface area contributed by atoms with Gasteiger partial charge in [-0.2, -0.15) is 0 Å². The van der Waals surface area contributed by atoms with Crippen molar-refractivity contribution >= 4 is 35.7 Å². The number of fused-ring (bicyclic) bond motifs is 3. The fourth-order valence-corrected chi connectivity index (χ4v) is 6.59. The van der Waals surface area contributed by atoms with Gasteiger partial charge in [0.2, 0.25) is 24.0 Å². The van der Waals surface area contributed by atoms with Crippen molar-refractivity contribution in [2.45, 2.75) is 136 Å². The van der Waals surface area contributed by atoms with Crippen molar-refractivity contribution in [2.75, 3.05) is 13.2 Å². The van der Waals surface area contributed by atoms with E-state index in [1.54, 1.807) is 39.5 Å². The van der Waals surface area contributed by atoms with Gasteiger partial charge in [-0.1, -0.05) is 58.7 Å². The van der Waals surface area contributed by atoms with E-state index in [9.17, 15) is 37.5 Å². The zero-order valence-electron chi connectivity index (χ0n) is 30.1. The minimum absolute atomic E-state index is 0.142. The fourth-order valence-electron chi connectivity index (χ4n) is 6.59. The number of alkyl carbamates (subject to hydrolysis) is 1. The molecular formula is C36H51F2N5O8. The van der Waals surface area contributed by atoms with Gasteiger partial charge in [0.15, 0.2) is 0 Å². The minimum Gasteiger partial charge on any atom is -0.450 e. The van der Waals surface area contributed by atoms with Crippen molar-refractivity contribution in [3.8, 4) is 0 Å². The molecule has 4 bridgehead atoms. The molecule has 0 radical (unpaired) electrons. The Hall–Kier alpha value is -4.30. The highest BCUT2D eigenvalue weighted by Crippen LogP contribution is 2.31. The normalized spacial score (nSPS) is 23.1. The number of ether oxygens (including phenoxy) is 2. The standard InChI is InChI=1S/C36H51F2N5O8/c1-6-21(2)39-32(46)29(44)26(17-28(37)38)40-31(45)27-16-24-19-43(27)33(47)30(36(3,4)5)41-34(48)50-15-10-8-7-9-12-22-13-11-14-23-18-42(20-25(22)23)35(49)51-24/h11,13-14,21,24,26-28,30H,6-10,12,15-20H2,1-5H3,(H,39,46)(H,40,45)(H,41,48)/t21?,24?,26-,27-,30+/m0/s1. The molecule has 4 rings (SSSR count). The molecule has 3 aliphatic rings. The van der Waals surface area contributed by atoms with E-state index >= 15 is 0 Å². The average molecular weight is 720 g/mol. The smallest absolute Gasteiger partial charge is 0.410 e. The van der Waals surface area contributed by atoms with Gasteiger partial charge in [-0.05, 0) is 54.7 Å². The molecule has 1 aromatic rings. The number of alkyl halides is 2. The number of carbonyl (C=O) groups is 6. The Morgan fingerprint density at radius 1 is 1.02 bits per heavy atom. The van der Waals surface area contributed by atoms with Gasteiger partial charge in [0.25, 0.3) is 5.91 Å². The zero-order valence-corrected chi connectivity index (χ0v) is 30.1. The number of hydrogen-bond acceptors (Lipinski definition) is 8. The van der Waals surface area contributed by atoms with Crippen LogP contribution in [0.5, 0.6) is 0 Å². The molecule has 5 amide bonds. The molecule has 3 aliphatic heterocycles. The van der Waals surface area contributed by atoms with E-state index in [-0.39, 0.29) is 19.6 Å². The molecule has 282 valence electrons. The SMILES string of the molecule is CCC(C)NC(=O)C(=O)[C@H](CC(F)F)NC(=O)[C@@H]1CC2CN1C(=O)[C@H](C(C)(C)C)NC(=O)OCCCCCCc1cccc3c1CN(C3)C(=O)O2. The lowest BCUT2D eigenvalue weighted by Crippen LogP contribution is -2.59. The second-order valence-electron chi connectivity index (χ2n) is 14.7. The molecule has 0 saturated carbocycles. The van der Waals surface area contributed by atoms with Gasteiger partial charge in [-0.25, -0.2) is 18.4 Å². The second-order valence-corrected chi connectivity index (χ2v) is 14.7. The van der Waals surface area contributed by atoms with E-state index in [4.69, 9.17) is 9.47 Å². The summed E-state index contributed by atoms with van der Waals surface area (Å²) >= 11 is 0. The Labute approximate surface area is 297 Å². The first-order valence-corrected chi connectivity index (χ1v) is 17.8. The average Bonchev–Trinajstić information content (AvgIpc) is 3.70. The quantitative estimate of drug-likeness (QED) is 0.340. The number of carbonyl (C=O) groups excluding carboxylic acids is 6. The summed E-state index contributed by atoms with van der Waals surface area (Å²) in [4.78, 5) is 82.7. The number of amides is 5. The Kier molecular flexibility index (Phi) is 13.4. The Balaban J connectivity index is 1.62.